The van der Waals surface area contributed by atoms with Crippen LogP contribution in [0.1, 0.15) is 17.7 Å². The number of H-pyrrole nitrogens is 1. The van der Waals surface area contributed by atoms with Gasteiger partial charge in [0.25, 0.3) is 0 Å². The lowest BCUT2D eigenvalue weighted by Crippen LogP contribution is -2.38. The van der Waals surface area contributed by atoms with Crippen LogP contribution in [-0.4, -0.2) is 48.8 Å². The van der Waals surface area contributed by atoms with E-state index in [-0.39, 0.29) is 23.5 Å². The lowest BCUT2D eigenvalue weighted by Gasteiger charge is -2.23. The number of amides is 1. The third kappa shape index (κ3) is 3.02. The Morgan fingerprint density at radius 3 is 2.82 bits per heavy atom. The van der Waals surface area contributed by atoms with Crippen LogP contribution in [0.3, 0.4) is 0 Å². The average Bonchev–Trinajstić information content (AvgIpc) is 2.98. The van der Waals surface area contributed by atoms with Gasteiger partial charge in [0.05, 0.1) is 17.9 Å². The van der Waals surface area contributed by atoms with Crippen molar-refractivity contribution in [2.24, 2.45) is 0 Å². The number of nitrogens with zero attached hydrogens (tertiary/aromatic N) is 1. The Kier molecular flexibility index (Phi) is 3.72. The minimum atomic E-state index is -2.97. The molecule has 0 saturated carbocycles. The molecule has 1 aliphatic heterocycles. The summed E-state index contributed by atoms with van der Waals surface area (Å²) in [7, 11) is -1.27. The van der Waals surface area contributed by atoms with Gasteiger partial charge >= 0.3 is 0 Å². The van der Waals surface area contributed by atoms with Gasteiger partial charge in [0, 0.05) is 24.3 Å². The van der Waals surface area contributed by atoms with E-state index in [9.17, 15) is 13.2 Å². The number of aryl methyl sites for hydroxylation is 1. The molecule has 1 fully saturated rings. The van der Waals surface area contributed by atoms with Gasteiger partial charge in [-0.25, -0.2) is 8.42 Å². The number of hydrogen-bond acceptors (Lipinski definition) is 3. The zero-order valence-corrected chi connectivity index (χ0v) is 13.6. The molecule has 1 aromatic carbocycles. The third-order valence-corrected chi connectivity index (χ3v) is 6.08. The molecule has 0 spiro atoms. The van der Waals surface area contributed by atoms with E-state index in [0.29, 0.717) is 12.8 Å². The number of sulfone groups is 1. The number of fused-ring (bicyclic) bond motifs is 1. The predicted molar refractivity (Wildman–Crippen MR) is 86.6 cm³/mol. The van der Waals surface area contributed by atoms with Crippen LogP contribution >= 0.6 is 0 Å². The van der Waals surface area contributed by atoms with Gasteiger partial charge < -0.3 is 9.88 Å². The molecular formula is C16H20N2O3S. The molecule has 1 N–H and O–H groups in total. The Morgan fingerprint density at radius 2 is 2.14 bits per heavy atom. The standard InChI is InChI=1S/C16H20N2O3S/c1-11-7-13-8-12(3-4-15(13)17-11)9-16(19)18(2)14-5-6-22(20,21)10-14/h3-4,7-8,14,17H,5-6,9-10H2,1-2H3. The number of likely N-dealkylation sites (N-methyl/N-ethyl adjacent to an activating group) is 1. The molecule has 1 unspecified atom stereocenters. The minimum Gasteiger partial charge on any atom is -0.359 e. The second kappa shape index (κ2) is 5.43. The van der Waals surface area contributed by atoms with Gasteiger partial charge in [0.15, 0.2) is 9.84 Å². The highest BCUT2D eigenvalue weighted by molar-refractivity contribution is 7.91. The minimum absolute atomic E-state index is 0.0336. The van der Waals surface area contributed by atoms with Crippen molar-refractivity contribution in [1.29, 1.82) is 0 Å². The van der Waals surface area contributed by atoms with Gasteiger partial charge in [0.2, 0.25) is 5.91 Å². The number of carbonyl (C=O) groups excluding carboxylic acids is 1. The maximum atomic E-state index is 12.4. The Morgan fingerprint density at radius 1 is 1.36 bits per heavy atom. The Balaban J connectivity index is 1.72. The van der Waals surface area contributed by atoms with Crippen LogP contribution < -0.4 is 0 Å². The fourth-order valence-electron chi connectivity index (χ4n) is 3.02. The van der Waals surface area contributed by atoms with Crippen molar-refractivity contribution in [3.63, 3.8) is 0 Å². The van der Waals surface area contributed by atoms with Crippen LogP contribution in [0.4, 0.5) is 0 Å². The Hall–Kier alpha value is -1.82. The van der Waals surface area contributed by atoms with E-state index in [1.165, 1.54) is 0 Å². The summed E-state index contributed by atoms with van der Waals surface area (Å²) in [5.74, 6) is 0.239. The van der Waals surface area contributed by atoms with E-state index in [0.717, 1.165) is 22.2 Å². The number of aromatic nitrogens is 1. The van der Waals surface area contributed by atoms with Crippen molar-refractivity contribution in [3.05, 3.63) is 35.5 Å². The number of carbonyl (C=O) groups is 1. The highest BCUT2D eigenvalue weighted by atomic mass is 32.2. The second-order valence-corrected chi connectivity index (χ2v) is 8.34. The van der Waals surface area contributed by atoms with Crippen molar-refractivity contribution in [2.45, 2.75) is 25.8 Å². The van der Waals surface area contributed by atoms with Gasteiger partial charge in [-0.1, -0.05) is 6.07 Å². The van der Waals surface area contributed by atoms with Crippen LogP contribution in [0.5, 0.6) is 0 Å². The zero-order valence-electron chi connectivity index (χ0n) is 12.8. The summed E-state index contributed by atoms with van der Waals surface area (Å²) in [5, 5.41) is 1.09. The summed E-state index contributed by atoms with van der Waals surface area (Å²) < 4.78 is 23.1. The van der Waals surface area contributed by atoms with E-state index >= 15 is 0 Å². The molecule has 118 valence electrons. The molecule has 0 bridgehead atoms. The highest BCUT2D eigenvalue weighted by Gasteiger charge is 2.32. The molecule has 1 amide bonds. The van der Waals surface area contributed by atoms with Crippen molar-refractivity contribution in [1.82, 2.24) is 9.88 Å². The molecule has 3 rings (SSSR count). The number of benzene rings is 1. The summed E-state index contributed by atoms with van der Waals surface area (Å²) in [6.07, 6.45) is 0.841. The first kappa shape index (κ1) is 15.1. The summed E-state index contributed by atoms with van der Waals surface area (Å²) in [6, 6.07) is 7.79. The van der Waals surface area contributed by atoms with E-state index in [1.807, 2.05) is 25.1 Å². The summed E-state index contributed by atoms with van der Waals surface area (Å²) in [4.78, 5) is 17.2. The van der Waals surface area contributed by atoms with Gasteiger partial charge in [0.1, 0.15) is 0 Å². The maximum absolute atomic E-state index is 12.4. The summed E-state index contributed by atoms with van der Waals surface area (Å²) in [5.41, 5.74) is 3.10. The zero-order chi connectivity index (χ0) is 15.9. The second-order valence-electron chi connectivity index (χ2n) is 6.11. The Labute approximate surface area is 130 Å². The van der Waals surface area contributed by atoms with Crippen molar-refractivity contribution in [2.75, 3.05) is 18.6 Å². The normalized spacial score (nSPS) is 20.4. The van der Waals surface area contributed by atoms with Crippen LogP contribution in [0.15, 0.2) is 24.3 Å². The molecule has 1 aromatic heterocycles. The van der Waals surface area contributed by atoms with Crippen molar-refractivity contribution in [3.8, 4) is 0 Å². The molecule has 5 nitrogen and oxygen atoms in total. The molecule has 6 heteroatoms. The maximum Gasteiger partial charge on any atom is 0.227 e. The average molecular weight is 320 g/mol. The quantitative estimate of drug-likeness (QED) is 0.935. The smallest absolute Gasteiger partial charge is 0.227 e. The first-order valence-corrected chi connectivity index (χ1v) is 9.20. The molecular weight excluding hydrogens is 300 g/mol. The fourth-order valence-corrected chi connectivity index (χ4v) is 4.80. The van der Waals surface area contributed by atoms with E-state index in [2.05, 4.69) is 11.1 Å². The van der Waals surface area contributed by atoms with Crippen LogP contribution in [0.2, 0.25) is 0 Å². The first-order valence-electron chi connectivity index (χ1n) is 7.38. The predicted octanol–water partition coefficient (Wildman–Crippen LogP) is 1.66. The number of aromatic amines is 1. The van der Waals surface area contributed by atoms with Gasteiger partial charge in [-0.2, -0.15) is 0 Å². The highest BCUT2D eigenvalue weighted by Crippen LogP contribution is 2.20. The first-order chi connectivity index (χ1) is 10.3. The lowest BCUT2D eigenvalue weighted by atomic mass is 10.1. The largest absolute Gasteiger partial charge is 0.359 e. The Bertz CT molecular complexity index is 823. The fraction of sp³-hybridized carbons (Fsp3) is 0.438. The molecule has 0 radical (unpaired) electrons. The SMILES string of the molecule is Cc1cc2cc(CC(=O)N(C)C3CCS(=O)(=O)C3)ccc2[nH]1. The van der Waals surface area contributed by atoms with Crippen LogP contribution in [-0.2, 0) is 21.1 Å². The lowest BCUT2D eigenvalue weighted by molar-refractivity contribution is -0.130. The molecule has 1 aliphatic rings. The van der Waals surface area contributed by atoms with E-state index in [4.69, 9.17) is 0 Å². The van der Waals surface area contributed by atoms with E-state index in [1.54, 1.807) is 11.9 Å². The van der Waals surface area contributed by atoms with Gasteiger partial charge in [-0.3, -0.25) is 4.79 Å². The summed E-state index contributed by atoms with van der Waals surface area (Å²) >= 11 is 0. The number of hydrogen-bond donors (Lipinski definition) is 1. The van der Waals surface area contributed by atoms with Crippen LogP contribution in [0, 0.1) is 6.92 Å². The van der Waals surface area contributed by atoms with Crippen molar-refractivity contribution >= 4 is 26.6 Å². The van der Waals surface area contributed by atoms with Gasteiger partial charge in [-0.15, -0.1) is 0 Å². The molecule has 1 saturated heterocycles. The monoisotopic (exact) mass is 320 g/mol. The topological polar surface area (TPSA) is 70.2 Å². The van der Waals surface area contributed by atoms with Gasteiger partial charge in [-0.05, 0) is 42.5 Å². The number of nitrogens with one attached hydrogen (secondary N) is 1. The van der Waals surface area contributed by atoms with Crippen LogP contribution in [0.25, 0.3) is 10.9 Å². The molecule has 0 aliphatic carbocycles. The molecule has 22 heavy (non-hydrogen) atoms. The molecule has 2 aromatic rings. The molecule has 2 heterocycles. The van der Waals surface area contributed by atoms with Crippen molar-refractivity contribution < 1.29 is 13.2 Å². The third-order valence-electron chi connectivity index (χ3n) is 4.32. The van der Waals surface area contributed by atoms with E-state index < -0.39 is 9.84 Å². The summed E-state index contributed by atoms with van der Waals surface area (Å²) in [6.45, 7) is 2.00. The molecule has 1 atom stereocenters. The number of rotatable bonds is 3.